The van der Waals surface area contributed by atoms with Crippen molar-refractivity contribution in [3.63, 3.8) is 0 Å². The van der Waals surface area contributed by atoms with E-state index in [1.807, 2.05) is 38.1 Å². The van der Waals surface area contributed by atoms with Gasteiger partial charge in [0.15, 0.2) is 0 Å². The first-order valence-electron chi connectivity index (χ1n) is 7.77. The van der Waals surface area contributed by atoms with Crippen LogP contribution in [0.4, 0.5) is 5.69 Å². The summed E-state index contributed by atoms with van der Waals surface area (Å²) in [6.07, 6.45) is 1.49. The molecule has 0 heterocycles. The van der Waals surface area contributed by atoms with Gasteiger partial charge in [-0.2, -0.15) is 5.26 Å². The van der Waals surface area contributed by atoms with Crippen LogP contribution in [-0.4, -0.2) is 18.9 Å². The van der Waals surface area contributed by atoms with Gasteiger partial charge in [0.2, 0.25) is 0 Å². The Morgan fingerprint density at radius 2 is 1.76 bits per heavy atom. The highest BCUT2D eigenvalue weighted by molar-refractivity contribution is 6.10. The molecule has 0 radical (unpaired) electrons. The number of amides is 2. The average Bonchev–Trinajstić information content (AvgIpc) is 2.61. The maximum Gasteiger partial charge on any atom is 0.266 e. The zero-order valence-electron chi connectivity index (χ0n) is 14.4. The van der Waals surface area contributed by atoms with Crippen molar-refractivity contribution < 1.29 is 9.59 Å². The molecule has 0 aliphatic rings. The van der Waals surface area contributed by atoms with Crippen molar-refractivity contribution in [2.45, 2.75) is 13.8 Å². The molecule has 0 saturated carbocycles. The molecule has 2 aromatic rings. The second kappa shape index (κ2) is 7.93. The van der Waals surface area contributed by atoms with E-state index >= 15 is 0 Å². The first-order valence-corrected chi connectivity index (χ1v) is 7.77. The number of rotatable bonds is 4. The minimum Gasteiger partial charge on any atom is -0.355 e. The monoisotopic (exact) mass is 333 g/mol. The van der Waals surface area contributed by atoms with Crippen molar-refractivity contribution in [1.82, 2.24) is 5.32 Å². The Balaban J connectivity index is 2.20. The Hall–Kier alpha value is -3.39. The number of nitrogens with one attached hydrogen (secondary N) is 2. The number of nitriles is 1. The predicted molar refractivity (Wildman–Crippen MR) is 98.0 cm³/mol. The highest BCUT2D eigenvalue weighted by Gasteiger charge is 2.11. The van der Waals surface area contributed by atoms with Gasteiger partial charge in [-0.3, -0.25) is 9.59 Å². The standard InChI is InChI=1S/C20H19N3O2/c1-13-4-9-18(14(2)10-13)23-20(25)17(12-21)11-15-5-7-16(8-6-15)19(24)22-3/h4-11H,1-3H3,(H,22,24)(H,23,25)/b17-11-. The molecule has 0 bridgehead atoms. The van der Waals surface area contributed by atoms with Crippen LogP contribution in [0.1, 0.15) is 27.0 Å². The van der Waals surface area contributed by atoms with E-state index in [0.29, 0.717) is 16.8 Å². The maximum absolute atomic E-state index is 12.3. The summed E-state index contributed by atoms with van der Waals surface area (Å²) in [5.74, 6) is -0.659. The molecule has 0 saturated heterocycles. The maximum atomic E-state index is 12.3. The molecule has 5 nitrogen and oxygen atoms in total. The van der Waals surface area contributed by atoms with Crippen LogP contribution >= 0.6 is 0 Å². The van der Waals surface area contributed by atoms with E-state index in [4.69, 9.17) is 0 Å². The molecular formula is C20H19N3O2. The van der Waals surface area contributed by atoms with Crippen molar-refractivity contribution in [3.8, 4) is 6.07 Å². The highest BCUT2D eigenvalue weighted by Crippen LogP contribution is 2.17. The lowest BCUT2D eigenvalue weighted by Crippen LogP contribution is -2.17. The topological polar surface area (TPSA) is 82.0 Å². The third-order valence-corrected chi connectivity index (χ3v) is 3.71. The van der Waals surface area contributed by atoms with Crippen LogP contribution in [0.25, 0.3) is 6.08 Å². The fraction of sp³-hybridized carbons (Fsp3) is 0.150. The lowest BCUT2D eigenvalue weighted by Gasteiger charge is -2.08. The molecular weight excluding hydrogens is 314 g/mol. The van der Waals surface area contributed by atoms with Gasteiger partial charge in [0.05, 0.1) is 0 Å². The number of aryl methyl sites for hydroxylation is 2. The summed E-state index contributed by atoms with van der Waals surface area (Å²) in [6.45, 7) is 3.87. The van der Waals surface area contributed by atoms with Crippen molar-refractivity contribution in [2.75, 3.05) is 12.4 Å². The second-order valence-corrected chi connectivity index (χ2v) is 5.64. The van der Waals surface area contributed by atoms with Gasteiger partial charge in [0.25, 0.3) is 11.8 Å². The van der Waals surface area contributed by atoms with Gasteiger partial charge in [0, 0.05) is 18.3 Å². The molecule has 2 aromatic carbocycles. The van der Waals surface area contributed by atoms with Crippen LogP contribution < -0.4 is 10.6 Å². The van der Waals surface area contributed by atoms with E-state index in [-0.39, 0.29) is 11.5 Å². The zero-order chi connectivity index (χ0) is 18.4. The first-order chi connectivity index (χ1) is 11.9. The Morgan fingerprint density at radius 3 is 2.32 bits per heavy atom. The fourth-order valence-electron chi connectivity index (χ4n) is 2.33. The highest BCUT2D eigenvalue weighted by atomic mass is 16.2. The SMILES string of the molecule is CNC(=O)c1ccc(/C=C(/C#N)C(=O)Nc2ccc(C)cc2C)cc1. The van der Waals surface area contributed by atoms with Crippen molar-refractivity contribution in [1.29, 1.82) is 5.26 Å². The smallest absolute Gasteiger partial charge is 0.266 e. The van der Waals surface area contributed by atoms with Gasteiger partial charge < -0.3 is 10.6 Å². The number of carbonyl (C=O) groups excluding carboxylic acids is 2. The molecule has 0 spiro atoms. The van der Waals surface area contributed by atoms with Crippen LogP contribution in [0.3, 0.4) is 0 Å². The van der Waals surface area contributed by atoms with Crippen molar-refractivity contribution in [3.05, 3.63) is 70.3 Å². The van der Waals surface area contributed by atoms with Crippen LogP contribution in [0.15, 0.2) is 48.0 Å². The minimum absolute atomic E-state index is 0.00679. The molecule has 0 aliphatic heterocycles. The van der Waals surface area contributed by atoms with Gasteiger partial charge >= 0.3 is 0 Å². The van der Waals surface area contributed by atoms with Gasteiger partial charge in [-0.05, 0) is 49.2 Å². The summed E-state index contributed by atoms with van der Waals surface area (Å²) in [7, 11) is 1.56. The average molecular weight is 333 g/mol. The van der Waals surface area contributed by atoms with Gasteiger partial charge in [0.1, 0.15) is 11.6 Å². The number of hydrogen-bond acceptors (Lipinski definition) is 3. The van der Waals surface area contributed by atoms with E-state index < -0.39 is 5.91 Å². The van der Waals surface area contributed by atoms with E-state index in [0.717, 1.165) is 11.1 Å². The number of anilines is 1. The first kappa shape index (κ1) is 18.0. The van der Waals surface area contributed by atoms with Crippen LogP contribution in [-0.2, 0) is 4.79 Å². The Bertz CT molecular complexity index is 875. The predicted octanol–water partition coefficient (Wildman–Crippen LogP) is 3.21. The molecule has 5 heteroatoms. The summed E-state index contributed by atoms with van der Waals surface area (Å²) in [6, 6.07) is 14.2. The Kier molecular flexibility index (Phi) is 5.70. The molecule has 2 amide bonds. The number of hydrogen-bond donors (Lipinski definition) is 2. The lowest BCUT2D eigenvalue weighted by molar-refractivity contribution is -0.112. The zero-order valence-corrected chi connectivity index (χ0v) is 14.4. The Morgan fingerprint density at radius 1 is 1.08 bits per heavy atom. The molecule has 25 heavy (non-hydrogen) atoms. The normalized spacial score (nSPS) is 10.7. The van der Waals surface area contributed by atoms with Crippen molar-refractivity contribution >= 4 is 23.6 Å². The third kappa shape index (κ3) is 4.55. The van der Waals surface area contributed by atoms with Gasteiger partial charge in [-0.25, -0.2) is 0 Å². The Labute approximate surface area is 147 Å². The molecule has 2 N–H and O–H groups in total. The third-order valence-electron chi connectivity index (χ3n) is 3.71. The van der Waals surface area contributed by atoms with E-state index in [9.17, 15) is 14.9 Å². The van der Waals surface area contributed by atoms with Crippen LogP contribution in [0.2, 0.25) is 0 Å². The second-order valence-electron chi connectivity index (χ2n) is 5.64. The molecule has 126 valence electrons. The van der Waals surface area contributed by atoms with Gasteiger partial charge in [-0.1, -0.05) is 29.8 Å². The summed E-state index contributed by atoms with van der Waals surface area (Å²) >= 11 is 0. The summed E-state index contributed by atoms with van der Waals surface area (Å²) in [5.41, 5.74) is 3.88. The van der Waals surface area contributed by atoms with Crippen molar-refractivity contribution in [2.24, 2.45) is 0 Å². The number of benzene rings is 2. The van der Waals surface area contributed by atoms with Crippen LogP contribution in [0.5, 0.6) is 0 Å². The van der Waals surface area contributed by atoms with E-state index in [1.165, 1.54) is 6.08 Å². The summed E-state index contributed by atoms with van der Waals surface area (Å²) < 4.78 is 0. The van der Waals surface area contributed by atoms with E-state index in [2.05, 4.69) is 10.6 Å². The molecule has 0 atom stereocenters. The van der Waals surface area contributed by atoms with Crippen LogP contribution in [0, 0.1) is 25.2 Å². The fourth-order valence-corrected chi connectivity index (χ4v) is 2.33. The molecule has 0 aromatic heterocycles. The minimum atomic E-state index is -0.468. The van der Waals surface area contributed by atoms with Gasteiger partial charge in [-0.15, -0.1) is 0 Å². The quantitative estimate of drug-likeness (QED) is 0.666. The molecule has 0 aliphatic carbocycles. The largest absolute Gasteiger partial charge is 0.355 e. The molecule has 0 fully saturated rings. The lowest BCUT2D eigenvalue weighted by atomic mass is 10.1. The number of nitrogens with zero attached hydrogens (tertiary/aromatic N) is 1. The molecule has 2 rings (SSSR count). The van der Waals surface area contributed by atoms with E-state index in [1.54, 1.807) is 31.3 Å². The number of carbonyl (C=O) groups is 2. The summed E-state index contributed by atoms with van der Waals surface area (Å²) in [4.78, 5) is 23.9. The summed E-state index contributed by atoms with van der Waals surface area (Å²) in [5, 5.41) is 14.6. The molecule has 0 unspecified atom stereocenters.